The van der Waals surface area contributed by atoms with Gasteiger partial charge in [0.25, 0.3) is 0 Å². The zero-order valence-corrected chi connectivity index (χ0v) is 13.9. The zero-order valence-electron chi connectivity index (χ0n) is 13.9. The molecule has 1 aliphatic heterocycles. The SMILES string of the molecule is O=C(CNc1cc(F)ccc1F)Nc1ccc(N2CCCCC2)cc1. The highest BCUT2D eigenvalue weighted by Crippen LogP contribution is 2.22. The van der Waals surface area contributed by atoms with Crippen LogP contribution in [-0.4, -0.2) is 25.5 Å². The van der Waals surface area contributed by atoms with E-state index in [-0.39, 0.29) is 18.1 Å². The Morgan fingerprint density at radius 2 is 1.72 bits per heavy atom. The number of carbonyl (C=O) groups is 1. The van der Waals surface area contributed by atoms with E-state index in [9.17, 15) is 13.6 Å². The van der Waals surface area contributed by atoms with Gasteiger partial charge >= 0.3 is 0 Å². The Hall–Kier alpha value is -2.63. The highest BCUT2D eigenvalue weighted by atomic mass is 19.1. The standard InChI is InChI=1S/C19H21F2N3O/c20-14-4-9-17(21)18(12-14)22-13-19(25)23-15-5-7-16(8-6-15)24-10-2-1-3-11-24/h4-9,12,22H,1-3,10-11,13H2,(H,23,25). The molecule has 3 rings (SSSR count). The molecule has 0 saturated carbocycles. The van der Waals surface area contributed by atoms with Gasteiger partial charge in [-0.05, 0) is 61.7 Å². The maximum atomic E-state index is 13.5. The van der Waals surface area contributed by atoms with Gasteiger partial charge in [-0.3, -0.25) is 4.79 Å². The van der Waals surface area contributed by atoms with Gasteiger partial charge in [-0.2, -0.15) is 0 Å². The van der Waals surface area contributed by atoms with Crippen LogP contribution in [0.3, 0.4) is 0 Å². The quantitative estimate of drug-likeness (QED) is 0.861. The van der Waals surface area contributed by atoms with Crippen LogP contribution in [0.15, 0.2) is 42.5 Å². The van der Waals surface area contributed by atoms with Crippen molar-refractivity contribution in [2.24, 2.45) is 0 Å². The molecule has 2 aromatic rings. The first kappa shape index (κ1) is 17.2. The number of hydrogen-bond donors (Lipinski definition) is 2. The first-order chi connectivity index (χ1) is 12.1. The largest absolute Gasteiger partial charge is 0.374 e. The van der Waals surface area contributed by atoms with Crippen LogP contribution in [0.1, 0.15) is 19.3 Å². The predicted molar refractivity (Wildman–Crippen MR) is 96.0 cm³/mol. The maximum absolute atomic E-state index is 13.5. The van der Waals surface area contributed by atoms with Crippen molar-refractivity contribution in [2.75, 3.05) is 35.2 Å². The van der Waals surface area contributed by atoms with Gasteiger partial charge in [0.15, 0.2) is 0 Å². The minimum atomic E-state index is -0.597. The van der Waals surface area contributed by atoms with Gasteiger partial charge in [0.2, 0.25) is 5.91 Å². The predicted octanol–water partition coefficient (Wildman–Crippen LogP) is 4.01. The lowest BCUT2D eigenvalue weighted by Crippen LogP contribution is -2.29. The Morgan fingerprint density at radius 1 is 1.00 bits per heavy atom. The number of hydrogen-bond acceptors (Lipinski definition) is 3. The number of carbonyl (C=O) groups excluding carboxylic acids is 1. The second-order valence-electron chi connectivity index (χ2n) is 6.12. The van der Waals surface area contributed by atoms with Crippen molar-refractivity contribution >= 4 is 23.0 Å². The third-order valence-electron chi connectivity index (χ3n) is 4.24. The Morgan fingerprint density at radius 3 is 2.44 bits per heavy atom. The maximum Gasteiger partial charge on any atom is 0.243 e. The lowest BCUT2D eigenvalue weighted by Gasteiger charge is -2.28. The van der Waals surface area contributed by atoms with Gasteiger partial charge in [0.05, 0.1) is 12.2 Å². The molecular formula is C19H21F2N3O. The minimum Gasteiger partial charge on any atom is -0.374 e. The number of piperidine rings is 1. The number of nitrogens with zero attached hydrogens (tertiary/aromatic N) is 1. The Kier molecular flexibility index (Phi) is 5.48. The lowest BCUT2D eigenvalue weighted by molar-refractivity contribution is -0.114. The average Bonchev–Trinajstić information content (AvgIpc) is 2.64. The number of nitrogens with one attached hydrogen (secondary N) is 2. The molecular weight excluding hydrogens is 324 g/mol. The van der Waals surface area contributed by atoms with Crippen molar-refractivity contribution in [1.82, 2.24) is 0 Å². The molecule has 0 aromatic heterocycles. The molecule has 1 amide bonds. The van der Waals surface area contributed by atoms with Crippen LogP contribution in [0.25, 0.3) is 0 Å². The number of amides is 1. The van der Waals surface area contributed by atoms with Crippen molar-refractivity contribution in [2.45, 2.75) is 19.3 Å². The molecule has 0 spiro atoms. The van der Waals surface area contributed by atoms with E-state index in [0.29, 0.717) is 5.69 Å². The van der Waals surface area contributed by atoms with Gasteiger partial charge in [-0.25, -0.2) is 8.78 Å². The molecule has 0 bridgehead atoms. The molecule has 1 aliphatic rings. The van der Waals surface area contributed by atoms with Crippen molar-refractivity contribution in [3.8, 4) is 0 Å². The summed E-state index contributed by atoms with van der Waals surface area (Å²) < 4.78 is 26.6. The zero-order chi connectivity index (χ0) is 17.6. The Bertz CT molecular complexity index is 728. The summed E-state index contributed by atoms with van der Waals surface area (Å²) in [6, 6.07) is 10.8. The fourth-order valence-electron chi connectivity index (χ4n) is 2.92. The topological polar surface area (TPSA) is 44.4 Å². The van der Waals surface area contributed by atoms with E-state index >= 15 is 0 Å². The molecule has 2 N–H and O–H groups in total. The van der Waals surface area contributed by atoms with Gasteiger partial charge in [-0.1, -0.05) is 0 Å². The van der Waals surface area contributed by atoms with E-state index in [1.54, 1.807) is 0 Å². The smallest absolute Gasteiger partial charge is 0.243 e. The Labute approximate surface area is 145 Å². The van der Waals surface area contributed by atoms with Crippen LogP contribution >= 0.6 is 0 Å². The molecule has 6 heteroatoms. The summed E-state index contributed by atoms with van der Waals surface area (Å²) in [5, 5.41) is 5.34. The van der Waals surface area contributed by atoms with Crippen LogP contribution in [0, 0.1) is 11.6 Å². The van der Waals surface area contributed by atoms with Crippen molar-refractivity contribution in [1.29, 1.82) is 0 Å². The van der Waals surface area contributed by atoms with E-state index in [0.717, 1.165) is 37.0 Å². The first-order valence-electron chi connectivity index (χ1n) is 8.45. The van der Waals surface area contributed by atoms with Crippen molar-refractivity contribution < 1.29 is 13.6 Å². The third-order valence-corrected chi connectivity index (χ3v) is 4.24. The normalized spacial score (nSPS) is 14.2. The molecule has 0 atom stereocenters. The Balaban J connectivity index is 1.53. The summed E-state index contributed by atoms with van der Waals surface area (Å²) in [5.74, 6) is -1.48. The minimum absolute atomic E-state index is 0.0319. The molecule has 25 heavy (non-hydrogen) atoms. The second-order valence-corrected chi connectivity index (χ2v) is 6.12. The van der Waals surface area contributed by atoms with Crippen LogP contribution in [0.4, 0.5) is 25.8 Å². The highest BCUT2D eigenvalue weighted by Gasteiger charge is 2.11. The summed E-state index contributed by atoms with van der Waals surface area (Å²) in [7, 11) is 0. The molecule has 4 nitrogen and oxygen atoms in total. The molecule has 2 aromatic carbocycles. The van der Waals surface area contributed by atoms with Crippen LogP contribution < -0.4 is 15.5 Å². The number of anilines is 3. The van der Waals surface area contributed by atoms with E-state index < -0.39 is 11.6 Å². The molecule has 1 heterocycles. The first-order valence-corrected chi connectivity index (χ1v) is 8.45. The molecule has 0 unspecified atom stereocenters. The highest BCUT2D eigenvalue weighted by molar-refractivity contribution is 5.93. The van der Waals surface area contributed by atoms with Crippen molar-refractivity contribution in [3.05, 3.63) is 54.1 Å². The average molecular weight is 345 g/mol. The molecule has 1 fully saturated rings. The second kappa shape index (κ2) is 7.96. The molecule has 132 valence electrons. The van der Waals surface area contributed by atoms with Gasteiger partial charge in [0.1, 0.15) is 11.6 Å². The van der Waals surface area contributed by atoms with E-state index in [2.05, 4.69) is 15.5 Å². The summed E-state index contributed by atoms with van der Waals surface area (Å²) in [4.78, 5) is 14.3. The third kappa shape index (κ3) is 4.68. The summed E-state index contributed by atoms with van der Waals surface area (Å²) in [6.07, 6.45) is 3.70. The van der Waals surface area contributed by atoms with E-state index in [4.69, 9.17) is 0 Å². The summed E-state index contributed by atoms with van der Waals surface area (Å²) in [5.41, 5.74) is 1.79. The monoisotopic (exact) mass is 345 g/mol. The molecule has 0 radical (unpaired) electrons. The molecule has 0 aliphatic carbocycles. The van der Waals surface area contributed by atoms with Gasteiger partial charge in [0, 0.05) is 24.5 Å². The number of halogens is 2. The summed E-state index contributed by atoms with van der Waals surface area (Å²) in [6.45, 7) is 1.98. The van der Waals surface area contributed by atoms with Crippen LogP contribution in [0.2, 0.25) is 0 Å². The lowest BCUT2D eigenvalue weighted by atomic mass is 10.1. The van der Waals surface area contributed by atoms with Crippen LogP contribution in [0.5, 0.6) is 0 Å². The fourth-order valence-corrected chi connectivity index (χ4v) is 2.92. The van der Waals surface area contributed by atoms with Crippen molar-refractivity contribution in [3.63, 3.8) is 0 Å². The number of rotatable bonds is 5. The molecule has 1 saturated heterocycles. The number of benzene rings is 2. The van der Waals surface area contributed by atoms with E-state index in [1.807, 2.05) is 24.3 Å². The fraction of sp³-hybridized carbons (Fsp3) is 0.316. The van der Waals surface area contributed by atoms with Crippen LogP contribution in [-0.2, 0) is 4.79 Å². The van der Waals surface area contributed by atoms with E-state index in [1.165, 1.54) is 19.3 Å². The van der Waals surface area contributed by atoms with Gasteiger partial charge in [-0.15, -0.1) is 0 Å². The van der Waals surface area contributed by atoms with Gasteiger partial charge < -0.3 is 15.5 Å². The summed E-state index contributed by atoms with van der Waals surface area (Å²) >= 11 is 0.